The van der Waals surface area contributed by atoms with Gasteiger partial charge in [0.05, 0.1) is 10.9 Å². The molecular formula is C18H16ClNO2. The molecule has 0 atom stereocenters. The highest BCUT2D eigenvalue weighted by Gasteiger charge is 2.09. The van der Waals surface area contributed by atoms with Crippen molar-refractivity contribution in [3.63, 3.8) is 0 Å². The molecule has 0 aliphatic rings. The molecule has 3 nitrogen and oxygen atoms in total. The van der Waals surface area contributed by atoms with Crippen molar-refractivity contribution in [2.45, 2.75) is 26.2 Å². The van der Waals surface area contributed by atoms with E-state index in [0.717, 1.165) is 12.0 Å². The maximum absolute atomic E-state index is 12.0. The molecule has 4 heteroatoms. The van der Waals surface area contributed by atoms with E-state index in [9.17, 15) is 4.79 Å². The van der Waals surface area contributed by atoms with Gasteiger partial charge in [-0.25, -0.2) is 9.78 Å². The van der Waals surface area contributed by atoms with Crippen LogP contribution in [0.2, 0.25) is 5.02 Å². The molecule has 0 bridgehead atoms. The summed E-state index contributed by atoms with van der Waals surface area (Å²) >= 11 is 5.97. The van der Waals surface area contributed by atoms with Crippen molar-refractivity contribution >= 4 is 22.5 Å². The molecule has 0 spiro atoms. The normalized spacial score (nSPS) is 11.0. The van der Waals surface area contributed by atoms with Crippen molar-refractivity contribution < 1.29 is 4.42 Å². The van der Waals surface area contributed by atoms with Crippen molar-refractivity contribution in [1.29, 1.82) is 0 Å². The molecule has 3 aromatic rings. The van der Waals surface area contributed by atoms with Gasteiger partial charge in [0.25, 0.3) is 0 Å². The van der Waals surface area contributed by atoms with Crippen LogP contribution in [-0.4, -0.2) is 4.98 Å². The predicted octanol–water partition coefficient (Wildman–Crippen LogP) is 4.85. The van der Waals surface area contributed by atoms with Crippen LogP contribution in [-0.2, 0) is 6.42 Å². The number of aryl methyl sites for hydroxylation is 1. The molecule has 0 aliphatic carbocycles. The fourth-order valence-electron chi connectivity index (χ4n) is 2.36. The molecule has 1 heterocycles. The molecule has 1 aromatic heterocycles. The van der Waals surface area contributed by atoms with Gasteiger partial charge in [0.2, 0.25) is 5.89 Å². The molecule has 0 fully saturated rings. The Morgan fingerprint density at radius 3 is 2.64 bits per heavy atom. The third-order valence-electron chi connectivity index (χ3n) is 3.61. The van der Waals surface area contributed by atoms with Crippen molar-refractivity contribution in [3.05, 3.63) is 63.5 Å². The number of hydrogen-bond donors (Lipinski definition) is 0. The van der Waals surface area contributed by atoms with Crippen molar-refractivity contribution in [2.75, 3.05) is 0 Å². The highest BCUT2D eigenvalue weighted by atomic mass is 35.5. The molecule has 112 valence electrons. The largest absolute Gasteiger partial charge is 0.403 e. The quantitative estimate of drug-likeness (QED) is 0.691. The van der Waals surface area contributed by atoms with Gasteiger partial charge in [-0.15, -0.1) is 0 Å². The number of unbranched alkanes of at least 4 members (excludes halogenated alkanes) is 1. The zero-order valence-electron chi connectivity index (χ0n) is 12.3. The summed E-state index contributed by atoms with van der Waals surface area (Å²) in [4.78, 5) is 16.5. The Balaban J connectivity index is 2.00. The number of fused-ring (bicyclic) bond motifs is 1. The molecule has 0 saturated carbocycles. The summed E-state index contributed by atoms with van der Waals surface area (Å²) in [5.41, 5.74) is 2.22. The second-order valence-electron chi connectivity index (χ2n) is 5.27. The van der Waals surface area contributed by atoms with Gasteiger partial charge in [-0.05, 0) is 48.7 Å². The monoisotopic (exact) mass is 313 g/mol. The Morgan fingerprint density at radius 2 is 1.91 bits per heavy atom. The van der Waals surface area contributed by atoms with Crippen molar-refractivity contribution in [2.24, 2.45) is 0 Å². The van der Waals surface area contributed by atoms with Crippen LogP contribution in [0.4, 0.5) is 0 Å². The third kappa shape index (κ3) is 3.04. The molecule has 2 aromatic carbocycles. The van der Waals surface area contributed by atoms with Crippen LogP contribution in [0.1, 0.15) is 25.3 Å². The number of aromatic nitrogens is 1. The Hall–Kier alpha value is -2.13. The van der Waals surface area contributed by atoms with Crippen LogP contribution >= 0.6 is 11.6 Å². The minimum absolute atomic E-state index is 0.321. The summed E-state index contributed by atoms with van der Waals surface area (Å²) in [6, 6.07) is 12.9. The zero-order chi connectivity index (χ0) is 15.5. The highest BCUT2D eigenvalue weighted by molar-refractivity contribution is 6.31. The molecule has 0 N–H and O–H groups in total. The van der Waals surface area contributed by atoms with Gasteiger partial charge in [0, 0.05) is 10.6 Å². The van der Waals surface area contributed by atoms with E-state index in [1.807, 2.05) is 12.1 Å². The van der Waals surface area contributed by atoms with Crippen LogP contribution in [0.15, 0.2) is 51.7 Å². The molecular weight excluding hydrogens is 298 g/mol. The predicted molar refractivity (Wildman–Crippen MR) is 89.3 cm³/mol. The van der Waals surface area contributed by atoms with E-state index < -0.39 is 5.63 Å². The SMILES string of the molecule is CCCCc1ccc(-c2nc3cc(Cl)ccc3c(=O)o2)cc1. The number of halogens is 1. The first-order valence-electron chi connectivity index (χ1n) is 7.37. The first kappa shape index (κ1) is 14.8. The van der Waals surface area contributed by atoms with E-state index in [2.05, 4.69) is 24.0 Å². The van der Waals surface area contributed by atoms with Crippen LogP contribution in [0.5, 0.6) is 0 Å². The van der Waals surface area contributed by atoms with Gasteiger partial charge in [-0.3, -0.25) is 0 Å². The van der Waals surface area contributed by atoms with Crippen LogP contribution in [0, 0.1) is 0 Å². The first-order valence-corrected chi connectivity index (χ1v) is 7.75. The van der Waals surface area contributed by atoms with E-state index >= 15 is 0 Å². The van der Waals surface area contributed by atoms with E-state index in [4.69, 9.17) is 16.0 Å². The summed E-state index contributed by atoms with van der Waals surface area (Å²) in [6.45, 7) is 2.17. The smallest absolute Gasteiger partial charge is 0.347 e. The second-order valence-corrected chi connectivity index (χ2v) is 5.70. The summed E-state index contributed by atoms with van der Waals surface area (Å²) < 4.78 is 5.33. The maximum atomic E-state index is 12.0. The Labute approximate surface area is 133 Å². The molecule has 22 heavy (non-hydrogen) atoms. The van der Waals surface area contributed by atoms with Crippen LogP contribution < -0.4 is 5.63 Å². The Kier molecular flexibility index (Phi) is 4.25. The average Bonchev–Trinajstić information content (AvgIpc) is 2.53. The standard InChI is InChI=1S/C18H16ClNO2/c1-2-3-4-12-5-7-13(8-6-12)17-20-16-11-14(19)9-10-15(16)18(21)22-17/h5-11H,2-4H2,1H3. The topological polar surface area (TPSA) is 43.1 Å². The number of nitrogens with zero attached hydrogens (tertiary/aromatic N) is 1. The highest BCUT2D eigenvalue weighted by Crippen LogP contribution is 2.21. The van der Waals surface area contributed by atoms with Gasteiger partial charge >= 0.3 is 5.63 Å². The van der Waals surface area contributed by atoms with Crippen LogP contribution in [0.3, 0.4) is 0 Å². The van der Waals surface area contributed by atoms with Gasteiger partial charge in [-0.1, -0.05) is 37.1 Å². The lowest BCUT2D eigenvalue weighted by atomic mass is 10.1. The van der Waals surface area contributed by atoms with Gasteiger partial charge in [-0.2, -0.15) is 0 Å². The first-order chi connectivity index (χ1) is 10.7. The fourth-order valence-corrected chi connectivity index (χ4v) is 2.53. The summed E-state index contributed by atoms with van der Waals surface area (Å²) in [5.74, 6) is 0.321. The van der Waals surface area contributed by atoms with E-state index in [1.165, 1.54) is 18.4 Å². The van der Waals surface area contributed by atoms with Gasteiger partial charge < -0.3 is 4.42 Å². The van der Waals surface area contributed by atoms with E-state index in [1.54, 1.807) is 18.2 Å². The second kappa shape index (κ2) is 6.32. The molecule has 0 saturated heterocycles. The average molecular weight is 314 g/mol. The minimum atomic E-state index is -0.397. The number of hydrogen-bond acceptors (Lipinski definition) is 3. The Bertz CT molecular complexity index is 853. The Morgan fingerprint density at radius 1 is 1.14 bits per heavy atom. The lowest BCUT2D eigenvalue weighted by molar-refractivity contribution is 0.518. The van der Waals surface area contributed by atoms with Gasteiger partial charge in [0.1, 0.15) is 0 Å². The van der Waals surface area contributed by atoms with Crippen LogP contribution in [0.25, 0.3) is 22.4 Å². The molecule has 0 amide bonds. The molecule has 3 rings (SSSR count). The molecule has 0 aliphatic heterocycles. The lowest BCUT2D eigenvalue weighted by Crippen LogP contribution is -2.02. The fraction of sp³-hybridized carbons (Fsp3) is 0.222. The molecule has 0 unspecified atom stereocenters. The number of rotatable bonds is 4. The third-order valence-corrected chi connectivity index (χ3v) is 3.85. The number of benzene rings is 2. The summed E-state index contributed by atoms with van der Waals surface area (Å²) in [6.07, 6.45) is 3.40. The minimum Gasteiger partial charge on any atom is -0.403 e. The van der Waals surface area contributed by atoms with Crippen molar-refractivity contribution in [3.8, 4) is 11.5 Å². The zero-order valence-corrected chi connectivity index (χ0v) is 13.1. The van der Waals surface area contributed by atoms with Gasteiger partial charge in [0.15, 0.2) is 0 Å². The maximum Gasteiger partial charge on any atom is 0.347 e. The van der Waals surface area contributed by atoms with Crippen molar-refractivity contribution in [1.82, 2.24) is 4.98 Å². The van der Waals surface area contributed by atoms with E-state index in [0.29, 0.717) is 21.8 Å². The van der Waals surface area contributed by atoms with E-state index in [-0.39, 0.29) is 0 Å². The summed E-state index contributed by atoms with van der Waals surface area (Å²) in [7, 11) is 0. The summed E-state index contributed by atoms with van der Waals surface area (Å²) in [5, 5.41) is 0.985. The molecule has 0 radical (unpaired) electrons. The lowest BCUT2D eigenvalue weighted by Gasteiger charge is -2.04.